The van der Waals surface area contributed by atoms with Crippen molar-refractivity contribution in [1.29, 1.82) is 0 Å². The second kappa shape index (κ2) is 16.4. The molecule has 0 radical (unpaired) electrons. The summed E-state index contributed by atoms with van der Waals surface area (Å²) in [5, 5.41) is 14.9. The molecule has 240 valence electrons. The van der Waals surface area contributed by atoms with E-state index in [9.17, 15) is 14.7 Å². The van der Waals surface area contributed by atoms with Crippen LogP contribution in [-0.2, 0) is 32.2 Å². The molecular formula is C37H40N2O6S. The van der Waals surface area contributed by atoms with Crippen LogP contribution in [0.1, 0.15) is 48.5 Å². The third-order valence-electron chi connectivity index (χ3n) is 7.85. The van der Waals surface area contributed by atoms with E-state index in [1.54, 1.807) is 18.7 Å². The molecule has 5 rings (SSSR count). The van der Waals surface area contributed by atoms with Gasteiger partial charge in [-0.25, -0.2) is 4.79 Å². The van der Waals surface area contributed by atoms with E-state index in [-0.39, 0.29) is 37.9 Å². The van der Waals surface area contributed by atoms with Gasteiger partial charge in [0.15, 0.2) is 6.29 Å². The summed E-state index contributed by atoms with van der Waals surface area (Å²) in [6.07, 6.45) is -0.839. The van der Waals surface area contributed by atoms with Crippen LogP contribution in [0.15, 0.2) is 108 Å². The van der Waals surface area contributed by atoms with Crippen LogP contribution in [0.25, 0.3) is 11.1 Å². The Hall–Kier alpha value is -4.15. The number of rotatable bonds is 12. The molecular weight excluding hydrogens is 600 g/mol. The lowest BCUT2D eigenvalue weighted by molar-refractivity contribution is -0.268. The molecule has 0 bridgehead atoms. The molecule has 9 heteroatoms. The van der Waals surface area contributed by atoms with E-state index in [2.05, 4.69) is 35.8 Å². The van der Waals surface area contributed by atoms with Crippen molar-refractivity contribution in [3.8, 4) is 11.1 Å². The van der Waals surface area contributed by atoms with E-state index in [1.165, 1.54) is 4.90 Å². The number of carbonyl (C=O) groups excluding carboxylic acids is 2. The number of aliphatic hydroxyl groups is 1. The Morgan fingerprint density at radius 1 is 0.826 bits per heavy atom. The topological polar surface area (TPSA) is 106 Å². The van der Waals surface area contributed by atoms with Crippen LogP contribution < -0.4 is 10.6 Å². The van der Waals surface area contributed by atoms with Gasteiger partial charge in [0.1, 0.15) is 6.54 Å². The minimum Gasteiger partial charge on any atom is -0.465 e. The molecule has 0 unspecified atom stereocenters. The molecule has 4 atom stereocenters. The highest BCUT2D eigenvalue weighted by molar-refractivity contribution is 7.99. The lowest BCUT2D eigenvalue weighted by atomic mass is 9.91. The van der Waals surface area contributed by atoms with Gasteiger partial charge < -0.3 is 30.0 Å². The van der Waals surface area contributed by atoms with Crippen LogP contribution in [0.3, 0.4) is 0 Å². The van der Waals surface area contributed by atoms with Crippen molar-refractivity contribution < 1.29 is 28.9 Å². The smallest absolute Gasteiger partial charge is 0.325 e. The van der Waals surface area contributed by atoms with E-state index >= 15 is 0 Å². The van der Waals surface area contributed by atoms with Gasteiger partial charge in [0.2, 0.25) is 0 Å². The SMILES string of the molecule is CCOC(=O)CNC(=O)NCc1cccc(-c2cccc([C@@H]3O[C@H](CSc4ccccc4)[C@H](C)[C@H](c4ccc(CO)cc4)O3)c2)c1. The zero-order valence-electron chi connectivity index (χ0n) is 26.1. The summed E-state index contributed by atoms with van der Waals surface area (Å²) in [4.78, 5) is 24.9. The van der Waals surface area contributed by atoms with Gasteiger partial charge in [-0.05, 0) is 59.0 Å². The summed E-state index contributed by atoms with van der Waals surface area (Å²) in [6.45, 7) is 4.27. The van der Waals surface area contributed by atoms with Gasteiger partial charge in [0.05, 0.1) is 25.4 Å². The van der Waals surface area contributed by atoms with E-state index in [4.69, 9.17) is 14.2 Å². The second-order valence-corrected chi connectivity index (χ2v) is 12.2. The van der Waals surface area contributed by atoms with Crippen molar-refractivity contribution in [3.63, 3.8) is 0 Å². The first-order valence-corrected chi connectivity index (χ1v) is 16.5. The predicted octanol–water partition coefficient (Wildman–Crippen LogP) is 6.79. The number of amides is 2. The Kier molecular flexibility index (Phi) is 11.9. The highest BCUT2D eigenvalue weighted by Gasteiger charge is 2.38. The van der Waals surface area contributed by atoms with Crippen LogP contribution in [0.2, 0.25) is 0 Å². The lowest BCUT2D eigenvalue weighted by Gasteiger charge is -2.41. The molecule has 46 heavy (non-hydrogen) atoms. The fourth-order valence-corrected chi connectivity index (χ4v) is 6.43. The number of esters is 1. The summed E-state index contributed by atoms with van der Waals surface area (Å²) in [5.74, 6) is 0.389. The Balaban J connectivity index is 1.32. The van der Waals surface area contributed by atoms with Gasteiger partial charge >= 0.3 is 12.0 Å². The molecule has 0 aromatic heterocycles. The molecule has 4 aromatic carbocycles. The number of thioether (sulfide) groups is 1. The highest BCUT2D eigenvalue weighted by Crippen LogP contribution is 2.43. The number of carbonyl (C=O) groups is 2. The van der Waals surface area contributed by atoms with Crippen LogP contribution >= 0.6 is 11.8 Å². The maximum absolute atomic E-state index is 12.2. The van der Waals surface area contributed by atoms with Gasteiger partial charge in [0, 0.05) is 28.7 Å². The number of aliphatic hydroxyl groups excluding tert-OH is 1. The summed E-state index contributed by atoms with van der Waals surface area (Å²) in [6, 6.07) is 33.9. The zero-order chi connectivity index (χ0) is 32.3. The van der Waals surface area contributed by atoms with Gasteiger partial charge in [0.25, 0.3) is 0 Å². The average molecular weight is 641 g/mol. The Bertz CT molecular complexity index is 1580. The van der Waals surface area contributed by atoms with E-state index in [0.29, 0.717) is 6.54 Å². The molecule has 0 aliphatic carbocycles. The molecule has 1 aliphatic rings. The normalized spacial score (nSPS) is 19.3. The lowest BCUT2D eigenvalue weighted by Crippen LogP contribution is -2.38. The van der Waals surface area contributed by atoms with Crippen molar-refractivity contribution in [3.05, 3.63) is 125 Å². The van der Waals surface area contributed by atoms with Gasteiger partial charge in [-0.3, -0.25) is 4.79 Å². The van der Waals surface area contributed by atoms with Crippen molar-refractivity contribution in [1.82, 2.24) is 10.6 Å². The predicted molar refractivity (Wildman–Crippen MR) is 179 cm³/mol. The van der Waals surface area contributed by atoms with Crippen molar-refractivity contribution in [2.45, 2.75) is 50.4 Å². The van der Waals surface area contributed by atoms with Crippen LogP contribution in [0.4, 0.5) is 4.79 Å². The largest absolute Gasteiger partial charge is 0.465 e. The van der Waals surface area contributed by atoms with E-state index in [0.717, 1.165) is 39.1 Å². The fraction of sp³-hybridized carbons (Fsp3) is 0.297. The minimum atomic E-state index is -0.576. The monoisotopic (exact) mass is 640 g/mol. The van der Waals surface area contributed by atoms with E-state index < -0.39 is 18.3 Å². The molecule has 2 amide bonds. The van der Waals surface area contributed by atoms with Gasteiger partial charge in [-0.15, -0.1) is 11.8 Å². The Morgan fingerprint density at radius 2 is 1.57 bits per heavy atom. The third-order valence-corrected chi connectivity index (χ3v) is 8.95. The first-order chi connectivity index (χ1) is 22.4. The standard InChI is InChI=1S/C37H40N2O6S/c1-3-43-34(41)22-39-37(42)38-21-27-9-7-10-29(19-27)30-11-8-12-31(20-30)36-44-33(24-46-32-13-5-4-6-14-32)25(2)35(45-36)28-17-15-26(23-40)16-18-28/h4-20,25,33,35-36,40H,3,21-24H2,1-2H3,(H2,38,39,42)/t25-,33+,35+,36+/m0/s1. The molecule has 1 heterocycles. The Labute approximate surface area is 274 Å². The zero-order valence-corrected chi connectivity index (χ0v) is 26.9. The van der Waals surface area contributed by atoms with Crippen LogP contribution in [0, 0.1) is 5.92 Å². The number of hydrogen-bond donors (Lipinski definition) is 3. The molecule has 0 saturated carbocycles. The molecule has 1 fully saturated rings. The molecule has 3 N–H and O–H groups in total. The fourth-order valence-electron chi connectivity index (χ4n) is 5.34. The number of urea groups is 1. The van der Waals surface area contributed by atoms with Crippen molar-refractivity contribution in [2.75, 3.05) is 18.9 Å². The van der Waals surface area contributed by atoms with E-state index in [1.807, 2.05) is 84.9 Å². The highest BCUT2D eigenvalue weighted by atomic mass is 32.2. The summed E-state index contributed by atoms with van der Waals surface area (Å²) < 4.78 is 18.2. The average Bonchev–Trinajstić information content (AvgIpc) is 3.10. The minimum absolute atomic E-state index is 0.00380. The maximum atomic E-state index is 12.2. The molecule has 4 aromatic rings. The second-order valence-electron chi connectivity index (χ2n) is 11.1. The number of hydrogen-bond acceptors (Lipinski definition) is 7. The Morgan fingerprint density at radius 3 is 2.30 bits per heavy atom. The maximum Gasteiger partial charge on any atom is 0.325 e. The quantitative estimate of drug-likeness (QED) is 0.116. The number of nitrogens with one attached hydrogen (secondary N) is 2. The number of benzene rings is 4. The molecule has 8 nitrogen and oxygen atoms in total. The summed E-state index contributed by atoms with van der Waals surface area (Å²) in [5.41, 5.74) is 5.73. The van der Waals surface area contributed by atoms with Crippen molar-refractivity contribution in [2.24, 2.45) is 5.92 Å². The van der Waals surface area contributed by atoms with Gasteiger partial charge in [-0.1, -0.05) is 85.8 Å². The van der Waals surface area contributed by atoms with Crippen molar-refractivity contribution >= 4 is 23.8 Å². The van der Waals surface area contributed by atoms with Crippen LogP contribution in [0.5, 0.6) is 0 Å². The molecule has 0 spiro atoms. The van der Waals surface area contributed by atoms with Gasteiger partial charge in [-0.2, -0.15) is 0 Å². The summed E-state index contributed by atoms with van der Waals surface area (Å²) in [7, 11) is 0. The van der Waals surface area contributed by atoms with Crippen LogP contribution in [-0.4, -0.2) is 42.1 Å². The summed E-state index contributed by atoms with van der Waals surface area (Å²) >= 11 is 1.77. The molecule has 1 saturated heterocycles. The number of ether oxygens (including phenoxy) is 3. The first kappa shape index (κ1) is 33.2. The third kappa shape index (κ3) is 8.98. The molecule has 1 aliphatic heterocycles. The first-order valence-electron chi connectivity index (χ1n) is 15.5.